The Balaban J connectivity index is 1.74. The SMILES string of the molecule is CCCCCCC(=O)N1CCC(C(O)c2ccccc2)CC1. The number of hydrogen-bond acceptors (Lipinski definition) is 2. The number of amides is 1. The summed E-state index contributed by atoms with van der Waals surface area (Å²) in [5, 5.41) is 10.5. The number of aliphatic hydroxyl groups excluding tert-OH is 1. The number of likely N-dealkylation sites (tertiary alicyclic amines) is 1. The van der Waals surface area contributed by atoms with Gasteiger partial charge in [-0.05, 0) is 30.7 Å². The van der Waals surface area contributed by atoms with E-state index in [0.29, 0.717) is 12.3 Å². The number of benzene rings is 1. The molecule has 1 unspecified atom stereocenters. The Hall–Kier alpha value is -1.35. The van der Waals surface area contributed by atoms with Gasteiger partial charge in [-0.25, -0.2) is 0 Å². The standard InChI is InChI=1S/C19H29NO2/c1-2-3-4-8-11-18(21)20-14-12-17(13-15-20)19(22)16-9-6-5-7-10-16/h5-7,9-10,17,19,22H,2-4,8,11-15H2,1H3. The molecule has 0 radical (unpaired) electrons. The Morgan fingerprint density at radius 1 is 1.18 bits per heavy atom. The average molecular weight is 303 g/mol. The van der Waals surface area contributed by atoms with Gasteiger partial charge in [-0.1, -0.05) is 56.5 Å². The molecule has 0 saturated carbocycles. The first-order chi connectivity index (χ1) is 10.7. The van der Waals surface area contributed by atoms with E-state index < -0.39 is 6.10 Å². The monoisotopic (exact) mass is 303 g/mol. The summed E-state index contributed by atoms with van der Waals surface area (Å²) in [6.07, 6.45) is 6.68. The number of aliphatic hydroxyl groups is 1. The number of hydrogen-bond donors (Lipinski definition) is 1. The molecule has 0 spiro atoms. The second-order valence-electron chi connectivity index (χ2n) is 6.38. The lowest BCUT2D eigenvalue weighted by Gasteiger charge is -2.34. The van der Waals surface area contributed by atoms with E-state index in [-0.39, 0.29) is 5.92 Å². The number of rotatable bonds is 7. The van der Waals surface area contributed by atoms with E-state index in [4.69, 9.17) is 0 Å². The van der Waals surface area contributed by atoms with Gasteiger partial charge in [0, 0.05) is 19.5 Å². The molecular weight excluding hydrogens is 274 g/mol. The van der Waals surface area contributed by atoms with Gasteiger partial charge >= 0.3 is 0 Å². The molecule has 3 nitrogen and oxygen atoms in total. The van der Waals surface area contributed by atoms with E-state index in [2.05, 4.69) is 6.92 Å². The normalized spacial score (nSPS) is 17.5. The van der Waals surface area contributed by atoms with Gasteiger partial charge < -0.3 is 10.0 Å². The van der Waals surface area contributed by atoms with Crippen LogP contribution in [0.25, 0.3) is 0 Å². The van der Waals surface area contributed by atoms with Gasteiger partial charge in [-0.15, -0.1) is 0 Å². The summed E-state index contributed by atoms with van der Waals surface area (Å²) >= 11 is 0. The molecule has 2 rings (SSSR count). The highest BCUT2D eigenvalue weighted by atomic mass is 16.3. The average Bonchev–Trinajstić information content (AvgIpc) is 2.59. The van der Waals surface area contributed by atoms with E-state index in [1.165, 1.54) is 12.8 Å². The lowest BCUT2D eigenvalue weighted by Crippen LogP contribution is -2.39. The molecule has 1 amide bonds. The van der Waals surface area contributed by atoms with Gasteiger partial charge in [0.2, 0.25) is 5.91 Å². The zero-order valence-electron chi connectivity index (χ0n) is 13.7. The highest BCUT2D eigenvalue weighted by Gasteiger charge is 2.27. The molecule has 1 aromatic rings. The third kappa shape index (κ3) is 4.84. The maximum absolute atomic E-state index is 12.2. The van der Waals surface area contributed by atoms with Gasteiger partial charge in [0.05, 0.1) is 6.10 Å². The summed E-state index contributed by atoms with van der Waals surface area (Å²) in [5.41, 5.74) is 0.992. The molecule has 1 saturated heterocycles. The Kier molecular flexibility index (Phi) is 6.91. The first-order valence-corrected chi connectivity index (χ1v) is 8.73. The van der Waals surface area contributed by atoms with Crippen LogP contribution in [-0.4, -0.2) is 29.0 Å². The molecule has 1 aliphatic heterocycles. The van der Waals surface area contributed by atoms with Crippen LogP contribution in [0.1, 0.15) is 63.5 Å². The van der Waals surface area contributed by atoms with Crippen LogP contribution in [0.2, 0.25) is 0 Å². The predicted molar refractivity (Wildman–Crippen MR) is 89.5 cm³/mol. The molecule has 1 atom stereocenters. The van der Waals surface area contributed by atoms with Crippen LogP contribution in [-0.2, 0) is 4.79 Å². The third-order valence-electron chi connectivity index (χ3n) is 4.72. The summed E-state index contributed by atoms with van der Waals surface area (Å²) < 4.78 is 0. The van der Waals surface area contributed by atoms with E-state index in [0.717, 1.165) is 44.3 Å². The minimum atomic E-state index is -0.400. The van der Waals surface area contributed by atoms with Gasteiger partial charge in [-0.3, -0.25) is 4.79 Å². The van der Waals surface area contributed by atoms with Crippen molar-refractivity contribution in [2.45, 2.75) is 58.0 Å². The van der Waals surface area contributed by atoms with Crippen LogP contribution >= 0.6 is 0 Å². The van der Waals surface area contributed by atoms with Crippen LogP contribution in [0, 0.1) is 5.92 Å². The quantitative estimate of drug-likeness (QED) is 0.775. The number of carbonyl (C=O) groups is 1. The predicted octanol–water partition coefficient (Wildman–Crippen LogP) is 3.93. The maximum atomic E-state index is 12.2. The highest BCUT2D eigenvalue weighted by molar-refractivity contribution is 5.76. The fraction of sp³-hybridized carbons (Fsp3) is 0.632. The van der Waals surface area contributed by atoms with Crippen molar-refractivity contribution in [2.75, 3.05) is 13.1 Å². The fourth-order valence-electron chi connectivity index (χ4n) is 3.25. The minimum absolute atomic E-state index is 0.270. The molecule has 1 aromatic carbocycles. The van der Waals surface area contributed by atoms with Crippen molar-refractivity contribution in [1.29, 1.82) is 0 Å². The van der Waals surface area contributed by atoms with Gasteiger partial charge in [0.15, 0.2) is 0 Å². The molecule has 122 valence electrons. The molecule has 1 heterocycles. The smallest absolute Gasteiger partial charge is 0.222 e. The lowest BCUT2D eigenvalue weighted by molar-refractivity contribution is -0.133. The summed E-state index contributed by atoms with van der Waals surface area (Å²) in [5.74, 6) is 0.565. The van der Waals surface area contributed by atoms with Crippen molar-refractivity contribution in [3.8, 4) is 0 Å². The van der Waals surface area contributed by atoms with E-state index in [1.807, 2.05) is 35.2 Å². The summed E-state index contributed by atoms with van der Waals surface area (Å²) in [6.45, 7) is 3.77. The van der Waals surface area contributed by atoms with E-state index in [1.54, 1.807) is 0 Å². The van der Waals surface area contributed by atoms with Crippen LogP contribution in [0.15, 0.2) is 30.3 Å². The second kappa shape index (κ2) is 8.94. The number of carbonyl (C=O) groups excluding carboxylic acids is 1. The number of nitrogens with zero attached hydrogens (tertiary/aromatic N) is 1. The molecule has 1 N–H and O–H groups in total. The molecular formula is C19H29NO2. The largest absolute Gasteiger partial charge is 0.388 e. The van der Waals surface area contributed by atoms with Crippen molar-refractivity contribution in [2.24, 2.45) is 5.92 Å². The molecule has 0 aliphatic carbocycles. The zero-order chi connectivity index (χ0) is 15.8. The van der Waals surface area contributed by atoms with Crippen LogP contribution in [0.4, 0.5) is 0 Å². The van der Waals surface area contributed by atoms with Gasteiger partial charge in [-0.2, -0.15) is 0 Å². The Bertz CT molecular complexity index is 438. The van der Waals surface area contributed by atoms with Crippen molar-refractivity contribution in [3.05, 3.63) is 35.9 Å². The second-order valence-corrected chi connectivity index (χ2v) is 6.38. The van der Waals surface area contributed by atoms with Crippen molar-refractivity contribution < 1.29 is 9.90 Å². The Labute approximate surface area is 134 Å². The summed E-state index contributed by atoms with van der Waals surface area (Å²) in [6, 6.07) is 9.86. The molecule has 1 aliphatic rings. The first kappa shape index (κ1) is 17.0. The topological polar surface area (TPSA) is 40.5 Å². The van der Waals surface area contributed by atoms with Crippen LogP contribution in [0.5, 0.6) is 0 Å². The van der Waals surface area contributed by atoms with Crippen molar-refractivity contribution in [3.63, 3.8) is 0 Å². The van der Waals surface area contributed by atoms with Crippen LogP contribution < -0.4 is 0 Å². The molecule has 3 heteroatoms. The van der Waals surface area contributed by atoms with E-state index in [9.17, 15) is 9.90 Å². The molecule has 22 heavy (non-hydrogen) atoms. The minimum Gasteiger partial charge on any atom is -0.388 e. The Morgan fingerprint density at radius 2 is 1.86 bits per heavy atom. The molecule has 0 aromatic heterocycles. The summed E-state index contributed by atoms with van der Waals surface area (Å²) in [4.78, 5) is 14.2. The van der Waals surface area contributed by atoms with Gasteiger partial charge in [0.25, 0.3) is 0 Å². The molecule has 1 fully saturated rings. The highest BCUT2D eigenvalue weighted by Crippen LogP contribution is 2.30. The lowest BCUT2D eigenvalue weighted by atomic mass is 9.87. The van der Waals surface area contributed by atoms with Crippen LogP contribution in [0.3, 0.4) is 0 Å². The molecule has 0 bridgehead atoms. The van der Waals surface area contributed by atoms with E-state index >= 15 is 0 Å². The van der Waals surface area contributed by atoms with Crippen molar-refractivity contribution >= 4 is 5.91 Å². The third-order valence-corrected chi connectivity index (χ3v) is 4.72. The maximum Gasteiger partial charge on any atom is 0.222 e. The summed E-state index contributed by atoms with van der Waals surface area (Å²) in [7, 11) is 0. The zero-order valence-corrected chi connectivity index (χ0v) is 13.7. The van der Waals surface area contributed by atoms with Crippen molar-refractivity contribution in [1.82, 2.24) is 4.90 Å². The number of unbranched alkanes of at least 4 members (excludes halogenated alkanes) is 3. The Morgan fingerprint density at radius 3 is 2.50 bits per heavy atom. The first-order valence-electron chi connectivity index (χ1n) is 8.73. The fourth-order valence-corrected chi connectivity index (χ4v) is 3.25. The van der Waals surface area contributed by atoms with Gasteiger partial charge in [0.1, 0.15) is 0 Å². The number of piperidine rings is 1.